The van der Waals surface area contributed by atoms with Crippen LogP contribution in [0.5, 0.6) is 0 Å². The fourth-order valence-corrected chi connectivity index (χ4v) is 5.01. The fourth-order valence-electron chi connectivity index (χ4n) is 3.68. The molecule has 0 bridgehead atoms. The summed E-state index contributed by atoms with van der Waals surface area (Å²) in [4.78, 5) is 14.9. The smallest absolute Gasteiger partial charge is 0.240 e. The maximum absolute atomic E-state index is 12.5. The number of nitrogens with one attached hydrogen (secondary N) is 2. The first-order valence-corrected chi connectivity index (χ1v) is 11.6. The number of carbonyl (C=O) groups excluding carboxylic acids is 1. The van der Waals surface area contributed by atoms with E-state index in [1.807, 2.05) is 25.1 Å². The fraction of sp³-hybridized carbons (Fsp3) is 0.409. The standard InChI is InChI=1S/C22H29N3O3S/c1-3-18-9-7-8-17(2)22(18)23-21(26)16-25-14-12-19(13-15-25)24-29(27,28)20-10-5-4-6-11-20/h4-11,19,24H,3,12-16H2,1-2H3,(H,23,26). The highest BCUT2D eigenvalue weighted by Gasteiger charge is 2.25. The number of amides is 1. The van der Waals surface area contributed by atoms with E-state index < -0.39 is 10.0 Å². The van der Waals surface area contributed by atoms with Crippen LogP contribution in [0.15, 0.2) is 53.4 Å². The van der Waals surface area contributed by atoms with Crippen molar-refractivity contribution < 1.29 is 13.2 Å². The summed E-state index contributed by atoms with van der Waals surface area (Å²) in [5, 5.41) is 3.06. The average molecular weight is 416 g/mol. The summed E-state index contributed by atoms with van der Waals surface area (Å²) in [6.07, 6.45) is 2.23. The molecule has 1 aliphatic rings. The van der Waals surface area contributed by atoms with Gasteiger partial charge in [-0.05, 0) is 49.4 Å². The molecule has 2 N–H and O–H groups in total. The van der Waals surface area contributed by atoms with E-state index >= 15 is 0 Å². The predicted molar refractivity (Wildman–Crippen MR) is 115 cm³/mol. The van der Waals surface area contributed by atoms with E-state index in [0.29, 0.717) is 32.5 Å². The van der Waals surface area contributed by atoms with Crippen LogP contribution in [0.1, 0.15) is 30.9 Å². The molecule has 29 heavy (non-hydrogen) atoms. The molecular weight excluding hydrogens is 386 g/mol. The first kappa shape index (κ1) is 21.5. The van der Waals surface area contributed by atoms with Gasteiger partial charge in [0.1, 0.15) is 0 Å². The molecular formula is C22H29N3O3S. The molecule has 1 saturated heterocycles. The van der Waals surface area contributed by atoms with Gasteiger partial charge in [-0.2, -0.15) is 0 Å². The lowest BCUT2D eigenvalue weighted by molar-refractivity contribution is -0.117. The number of hydrogen-bond donors (Lipinski definition) is 2. The first-order chi connectivity index (χ1) is 13.9. The quantitative estimate of drug-likeness (QED) is 0.729. The lowest BCUT2D eigenvalue weighted by Gasteiger charge is -2.31. The molecule has 0 aliphatic carbocycles. The van der Waals surface area contributed by atoms with Crippen molar-refractivity contribution in [1.82, 2.24) is 9.62 Å². The van der Waals surface area contributed by atoms with Crippen LogP contribution in [0.3, 0.4) is 0 Å². The molecule has 0 radical (unpaired) electrons. The summed E-state index contributed by atoms with van der Waals surface area (Å²) in [6, 6.07) is 14.3. The van der Waals surface area contributed by atoms with Gasteiger partial charge in [0.15, 0.2) is 0 Å². The zero-order chi connectivity index (χ0) is 20.9. The zero-order valence-electron chi connectivity index (χ0n) is 17.0. The van der Waals surface area contributed by atoms with Crippen molar-refractivity contribution >= 4 is 21.6 Å². The van der Waals surface area contributed by atoms with Crippen molar-refractivity contribution in [2.45, 2.75) is 44.0 Å². The van der Waals surface area contributed by atoms with Crippen LogP contribution in [0, 0.1) is 6.92 Å². The van der Waals surface area contributed by atoms with E-state index in [9.17, 15) is 13.2 Å². The van der Waals surface area contributed by atoms with Gasteiger partial charge in [-0.25, -0.2) is 13.1 Å². The lowest BCUT2D eigenvalue weighted by Crippen LogP contribution is -2.46. The second kappa shape index (κ2) is 9.52. The summed E-state index contributed by atoms with van der Waals surface area (Å²) in [6.45, 7) is 5.76. The Hall–Kier alpha value is -2.22. The van der Waals surface area contributed by atoms with Crippen LogP contribution < -0.4 is 10.0 Å². The highest BCUT2D eigenvalue weighted by molar-refractivity contribution is 7.89. The maximum atomic E-state index is 12.5. The van der Waals surface area contributed by atoms with Crippen LogP contribution >= 0.6 is 0 Å². The van der Waals surface area contributed by atoms with Crippen LogP contribution in [0.25, 0.3) is 0 Å². The molecule has 1 heterocycles. The van der Waals surface area contributed by atoms with Crippen LogP contribution in [0.2, 0.25) is 0 Å². The normalized spacial score (nSPS) is 15.9. The van der Waals surface area contributed by atoms with Crippen molar-refractivity contribution in [3.8, 4) is 0 Å². The number of para-hydroxylation sites is 1. The number of carbonyl (C=O) groups is 1. The summed E-state index contributed by atoms with van der Waals surface area (Å²) >= 11 is 0. The van der Waals surface area contributed by atoms with Gasteiger partial charge in [0.05, 0.1) is 11.4 Å². The molecule has 0 saturated carbocycles. The van der Waals surface area contributed by atoms with Crippen molar-refractivity contribution in [2.75, 3.05) is 25.0 Å². The van der Waals surface area contributed by atoms with Gasteiger partial charge in [0.2, 0.25) is 15.9 Å². The molecule has 7 heteroatoms. The van der Waals surface area contributed by atoms with Crippen molar-refractivity contribution in [3.63, 3.8) is 0 Å². The molecule has 2 aromatic rings. The van der Waals surface area contributed by atoms with E-state index in [0.717, 1.165) is 23.2 Å². The van der Waals surface area contributed by atoms with E-state index in [-0.39, 0.29) is 16.8 Å². The van der Waals surface area contributed by atoms with Gasteiger partial charge in [0.25, 0.3) is 0 Å². The van der Waals surface area contributed by atoms with Gasteiger partial charge < -0.3 is 5.32 Å². The Labute approximate surface area is 173 Å². The molecule has 1 aliphatic heterocycles. The highest BCUT2D eigenvalue weighted by atomic mass is 32.2. The molecule has 3 rings (SSSR count). The number of sulfonamides is 1. The minimum atomic E-state index is -3.50. The molecule has 0 aromatic heterocycles. The molecule has 0 unspecified atom stereocenters. The number of benzene rings is 2. The summed E-state index contributed by atoms with van der Waals surface area (Å²) in [5.41, 5.74) is 3.10. The second-order valence-electron chi connectivity index (χ2n) is 7.50. The first-order valence-electron chi connectivity index (χ1n) is 10.1. The topological polar surface area (TPSA) is 78.5 Å². The average Bonchev–Trinajstić information content (AvgIpc) is 2.71. The minimum absolute atomic E-state index is 0.0303. The summed E-state index contributed by atoms with van der Waals surface area (Å²) in [7, 11) is -3.50. The summed E-state index contributed by atoms with van der Waals surface area (Å²) < 4.78 is 27.7. The molecule has 1 fully saturated rings. The Kier molecular flexibility index (Phi) is 7.05. The molecule has 156 valence electrons. The van der Waals surface area contributed by atoms with E-state index in [4.69, 9.17) is 0 Å². The van der Waals surface area contributed by atoms with Gasteiger partial charge in [-0.3, -0.25) is 9.69 Å². The number of piperidine rings is 1. The molecule has 6 nitrogen and oxygen atoms in total. The van der Waals surface area contributed by atoms with Crippen LogP contribution in [-0.4, -0.2) is 44.9 Å². The van der Waals surface area contributed by atoms with Crippen molar-refractivity contribution in [2.24, 2.45) is 0 Å². The Morgan fingerprint density at radius 3 is 2.41 bits per heavy atom. The van der Waals surface area contributed by atoms with Gasteiger partial charge >= 0.3 is 0 Å². The number of aryl methyl sites for hydroxylation is 2. The minimum Gasteiger partial charge on any atom is -0.324 e. The van der Waals surface area contributed by atoms with E-state index in [2.05, 4.69) is 21.9 Å². The van der Waals surface area contributed by atoms with Gasteiger partial charge in [0, 0.05) is 24.8 Å². The van der Waals surface area contributed by atoms with Crippen LogP contribution in [0.4, 0.5) is 5.69 Å². The number of likely N-dealkylation sites (tertiary alicyclic amines) is 1. The Morgan fingerprint density at radius 2 is 1.76 bits per heavy atom. The number of hydrogen-bond acceptors (Lipinski definition) is 4. The number of anilines is 1. The third kappa shape index (κ3) is 5.65. The van der Waals surface area contributed by atoms with E-state index in [1.54, 1.807) is 30.3 Å². The van der Waals surface area contributed by atoms with E-state index in [1.165, 1.54) is 0 Å². The summed E-state index contributed by atoms with van der Waals surface area (Å²) in [5.74, 6) is -0.0303. The Balaban J connectivity index is 1.51. The Morgan fingerprint density at radius 1 is 1.07 bits per heavy atom. The number of nitrogens with zero attached hydrogens (tertiary/aromatic N) is 1. The van der Waals surface area contributed by atoms with Gasteiger partial charge in [-0.15, -0.1) is 0 Å². The molecule has 0 spiro atoms. The van der Waals surface area contributed by atoms with Crippen LogP contribution in [-0.2, 0) is 21.2 Å². The second-order valence-corrected chi connectivity index (χ2v) is 9.21. The lowest BCUT2D eigenvalue weighted by atomic mass is 10.1. The zero-order valence-corrected chi connectivity index (χ0v) is 17.8. The Bertz CT molecular complexity index is 937. The SMILES string of the molecule is CCc1cccc(C)c1NC(=O)CN1CCC(NS(=O)(=O)c2ccccc2)CC1. The predicted octanol–water partition coefficient (Wildman–Crippen LogP) is 2.94. The van der Waals surface area contributed by atoms with Crippen molar-refractivity contribution in [1.29, 1.82) is 0 Å². The monoisotopic (exact) mass is 415 g/mol. The largest absolute Gasteiger partial charge is 0.324 e. The molecule has 2 aromatic carbocycles. The maximum Gasteiger partial charge on any atom is 0.240 e. The van der Waals surface area contributed by atoms with Gasteiger partial charge in [-0.1, -0.05) is 43.3 Å². The third-order valence-corrected chi connectivity index (χ3v) is 6.87. The highest BCUT2D eigenvalue weighted by Crippen LogP contribution is 2.21. The molecule has 0 atom stereocenters. The molecule has 1 amide bonds. The number of rotatable bonds is 7. The van der Waals surface area contributed by atoms with Crippen molar-refractivity contribution in [3.05, 3.63) is 59.7 Å². The third-order valence-electron chi connectivity index (χ3n) is 5.33.